The van der Waals surface area contributed by atoms with Crippen molar-refractivity contribution in [3.05, 3.63) is 85.1 Å². The van der Waals surface area contributed by atoms with Gasteiger partial charge in [-0.25, -0.2) is 0 Å². The first kappa shape index (κ1) is 79.6. The normalized spacial score (nSPS) is 12.6. The molecule has 0 fully saturated rings. The third kappa shape index (κ3) is 69.3. The maximum atomic E-state index is 13.0. The monoisotopic (exact) mass is 1160 g/mol. The number of esters is 3. The molecule has 0 heterocycles. The van der Waals surface area contributed by atoms with E-state index in [9.17, 15) is 14.4 Å². The molecule has 6 nitrogen and oxygen atoms in total. The molecule has 0 bridgehead atoms. The van der Waals surface area contributed by atoms with E-state index < -0.39 is 6.10 Å². The van der Waals surface area contributed by atoms with Crippen molar-refractivity contribution in [2.24, 2.45) is 0 Å². The molecule has 0 saturated carbocycles. The highest BCUT2D eigenvalue weighted by Gasteiger charge is 2.19. The molecule has 0 aliphatic carbocycles. The molecule has 6 heteroatoms. The fourth-order valence-electron chi connectivity index (χ4n) is 10.5. The van der Waals surface area contributed by atoms with Gasteiger partial charge in [0.25, 0.3) is 0 Å². The Morgan fingerprint density at radius 1 is 0.253 bits per heavy atom. The summed E-state index contributed by atoms with van der Waals surface area (Å²) in [6, 6.07) is 0. The zero-order valence-electron chi connectivity index (χ0n) is 55.2. The lowest BCUT2D eigenvalue weighted by Crippen LogP contribution is -2.30. The second-order valence-corrected chi connectivity index (χ2v) is 24.1. The minimum atomic E-state index is -0.792. The summed E-state index contributed by atoms with van der Waals surface area (Å²) in [5.41, 5.74) is 0. The first-order valence-electron chi connectivity index (χ1n) is 36.1. The SMILES string of the molecule is CC/C=C\C/C=C\C/C=C\C/C=C\C/C=C\CCCCCC(=O)OCC(COC(=O)CCCCCCCCCCCCCCC/C=C\C/C=C\CCCCCCC)OC(=O)CCCCCCCCCCCCCCCCCCCCCCC. The largest absolute Gasteiger partial charge is 0.462 e. The van der Waals surface area contributed by atoms with Crippen LogP contribution < -0.4 is 0 Å². The van der Waals surface area contributed by atoms with E-state index >= 15 is 0 Å². The number of rotatable bonds is 66. The average Bonchev–Trinajstić information content (AvgIpc) is 3.49. The first-order valence-corrected chi connectivity index (χ1v) is 36.1. The van der Waals surface area contributed by atoms with Crippen LogP contribution in [0.2, 0.25) is 0 Å². The first-order chi connectivity index (χ1) is 41.0. The van der Waals surface area contributed by atoms with Gasteiger partial charge in [-0.3, -0.25) is 14.4 Å². The molecule has 0 N–H and O–H groups in total. The van der Waals surface area contributed by atoms with E-state index in [1.807, 2.05) is 0 Å². The van der Waals surface area contributed by atoms with E-state index in [2.05, 4.69) is 106 Å². The van der Waals surface area contributed by atoms with Gasteiger partial charge in [0.05, 0.1) is 0 Å². The van der Waals surface area contributed by atoms with Crippen LogP contribution in [0.5, 0.6) is 0 Å². The summed E-state index contributed by atoms with van der Waals surface area (Å²) in [5.74, 6) is -0.896. The van der Waals surface area contributed by atoms with E-state index in [4.69, 9.17) is 14.2 Å². The molecule has 480 valence electrons. The Morgan fingerprint density at radius 2 is 0.470 bits per heavy atom. The van der Waals surface area contributed by atoms with Gasteiger partial charge in [-0.15, -0.1) is 0 Å². The summed E-state index contributed by atoms with van der Waals surface area (Å²) in [6.07, 6.45) is 94.7. The summed E-state index contributed by atoms with van der Waals surface area (Å²) in [5, 5.41) is 0. The van der Waals surface area contributed by atoms with Gasteiger partial charge in [0.1, 0.15) is 13.2 Å². The van der Waals surface area contributed by atoms with Crippen molar-refractivity contribution >= 4 is 17.9 Å². The van der Waals surface area contributed by atoms with E-state index in [1.165, 1.54) is 225 Å². The Labute approximate surface area is 515 Å². The Balaban J connectivity index is 4.37. The summed E-state index contributed by atoms with van der Waals surface area (Å²) in [4.78, 5) is 38.5. The minimum Gasteiger partial charge on any atom is -0.462 e. The summed E-state index contributed by atoms with van der Waals surface area (Å²) in [7, 11) is 0. The molecule has 0 aliphatic heterocycles. The van der Waals surface area contributed by atoms with E-state index in [0.717, 1.165) is 103 Å². The molecule has 0 aromatic heterocycles. The molecule has 1 atom stereocenters. The van der Waals surface area contributed by atoms with Crippen LogP contribution in [0.4, 0.5) is 0 Å². The molecule has 0 radical (unpaired) electrons. The van der Waals surface area contributed by atoms with Gasteiger partial charge in [-0.1, -0.05) is 337 Å². The Morgan fingerprint density at radius 3 is 0.747 bits per heavy atom. The number of ether oxygens (including phenoxy) is 3. The van der Waals surface area contributed by atoms with Gasteiger partial charge in [0, 0.05) is 19.3 Å². The van der Waals surface area contributed by atoms with Gasteiger partial charge in [-0.2, -0.15) is 0 Å². The molecule has 0 amide bonds. The molecule has 1 unspecified atom stereocenters. The highest BCUT2D eigenvalue weighted by atomic mass is 16.6. The lowest BCUT2D eigenvalue weighted by molar-refractivity contribution is -0.167. The van der Waals surface area contributed by atoms with Crippen LogP contribution >= 0.6 is 0 Å². The molecule has 0 spiro atoms. The lowest BCUT2D eigenvalue weighted by Gasteiger charge is -2.18. The second-order valence-electron chi connectivity index (χ2n) is 24.1. The highest BCUT2D eigenvalue weighted by Crippen LogP contribution is 2.18. The molecular weight excluding hydrogens is 1020 g/mol. The van der Waals surface area contributed by atoms with Crippen LogP contribution in [0.1, 0.15) is 367 Å². The van der Waals surface area contributed by atoms with Gasteiger partial charge in [0.15, 0.2) is 6.10 Å². The van der Waals surface area contributed by atoms with Gasteiger partial charge < -0.3 is 14.2 Å². The van der Waals surface area contributed by atoms with Crippen molar-refractivity contribution < 1.29 is 28.6 Å². The number of unbranched alkanes of at least 4 members (excludes halogenated alkanes) is 41. The quantitative estimate of drug-likeness (QED) is 0.0261. The van der Waals surface area contributed by atoms with Crippen molar-refractivity contribution in [2.45, 2.75) is 374 Å². The molecule has 0 aromatic carbocycles. The van der Waals surface area contributed by atoms with Crippen LogP contribution in [0.3, 0.4) is 0 Å². The minimum absolute atomic E-state index is 0.0841. The van der Waals surface area contributed by atoms with Gasteiger partial charge in [0.2, 0.25) is 0 Å². The standard InChI is InChI=1S/C77H136O6/c1-4-7-10-13-16-19-22-25-28-31-34-36-37-38-39-41-43-46-49-52-55-58-61-64-67-70-76(79)82-73-74(72-81-75(78)69-66-63-60-57-54-51-48-45-42-33-30-27-24-21-18-15-12-9-6-3)83-77(80)71-68-65-62-59-56-53-50-47-44-40-35-32-29-26-23-20-17-14-11-8-5-2/h9,12,18,21-22,25,27,30-31,34,42,45,51,54,74H,4-8,10-11,13-17,19-20,23-24,26,28-29,32-33,35-41,43-44,46-50,52-53,55-73H2,1-3H3/b12-9-,21-18-,25-22-,30-27-,34-31-,45-42-,54-51-. The Hall–Kier alpha value is -3.41. The van der Waals surface area contributed by atoms with E-state index in [1.54, 1.807) is 0 Å². The number of allylic oxidation sites excluding steroid dienone is 14. The van der Waals surface area contributed by atoms with Crippen LogP contribution in [0.15, 0.2) is 85.1 Å². The molecule has 0 rings (SSSR count). The average molecular weight is 1160 g/mol. The maximum absolute atomic E-state index is 13.0. The third-order valence-corrected chi connectivity index (χ3v) is 15.9. The highest BCUT2D eigenvalue weighted by molar-refractivity contribution is 5.71. The number of hydrogen-bond donors (Lipinski definition) is 0. The van der Waals surface area contributed by atoms with Crippen molar-refractivity contribution in [3.8, 4) is 0 Å². The molecule has 83 heavy (non-hydrogen) atoms. The van der Waals surface area contributed by atoms with Gasteiger partial charge >= 0.3 is 17.9 Å². The predicted octanol–water partition coefficient (Wildman–Crippen LogP) is 25.0. The predicted molar refractivity (Wildman–Crippen MR) is 362 cm³/mol. The van der Waals surface area contributed by atoms with Crippen LogP contribution in [-0.2, 0) is 28.6 Å². The summed E-state index contributed by atoms with van der Waals surface area (Å²) in [6.45, 7) is 6.55. The molecular formula is C77H136O6. The fraction of sp³-hybridized carbons (Fsp3) is 0.779. The Kier molecular flexibility index (Phi) is 68.2. The molecule has 0 aromatic rings. The van der Waals surface area contributed by atoms with Crippen molar-refractivity contribution in [1.29, 1.82) is 0 Å². The lowest BCUT2D eigenvalue weighted by atomic mass is 10.0. The second kappa shape index (κ2) is 71.1. The topological polar surface area (TPSA) is 78.9 Å². The van der Waals surface area contributed by atoms with Crippen LogP contribution in [-0.4, -0.2) is 37.2 Å². The van der Waals surface area contributed by atoms with Crippen molar-refractivity contribution in [1.82, 2.24) is 0 Å². The van der Waals surface area contributed by atoms with Crippen molar-refractivity contribution in [3.63, 3.8) is 0 Å². The zero-order chi connectivity index (χ0) is 59.9. The summed E-state index contributed by atoms with van der Waals surface area (Å²) < 4.78 is 17.0. The molecule has 0 saturated heterocycles. The van der Waals surface area contributed by atoms with Crippen molar-refractivity contribution in [2.75, 3.05) is 13.2 Å². The van der Waals surface area contributed by atoms with E-state index in [-0.39, 0.29) is 31.1 Å². The maximum Gasteiger partial charge on any atom is 0.306 e. The van der Waals surface area contributed by atoms with Crippen LogP contribution in [0.25, 0.3) is 0 Å². The van der Waals surface area contributed by atoms with E-state index in [0.29, 0.717) is 19.3 Å². The van der Waals surface area contributed by atoms with Crippen LogP contribution in [0, 0.1) is 0 Å². The molecule has 0 aliphatic rings. The Bertz CT molecular complexity index is 1570. The number of hydrogen-bond acceptors (Lipinski definition) is 6. The summed E-state index contributed by atoms with van der Waals surface area (Å²) >= 11 is 0. The van der Waals surface area contributed by atoms with Gasteiger partial charge in [-0.05, 0) is 96.3 Å². The zero-order valence-corrected chi connectivity index (χ0v) is 55.2. The number of carbonyl (C=O) groups excluding carboxylic acids is 3. The smallest absolute Gasteiger partial charge is 0.306 e. The number of carbonyl (C=O) groups is 3. The third-order valence-electron chi connectivity index (χ3n) is 15.9. The fourth-order valence-corrected chi connectivity index (χ4v) is 10.5.